The smallest absolute Gasteiger partial charge is 0.134 e. The highest BCUT2D eigenvalue weighted by atomic mass is 16.3. The fraction of sp³-hybridized carbons (Fsp3) is 0.474. The molecule has 0 fully saturated rings. The lowest BCUT2D eigenvalue weighted by Gasteiger charge is -2.25. The Hall–Kier alpha value is -2.14. The number of hydrogen-bond acceptors (Lipinski definition) is 4. The second-order valence-electron chi connectivity index (χ2n) is 6.47. The van der Waals surface area contributed by atoms with Crippen LogP contribution in [0.3, 0.4) is 0 Å². The topological polar surface area (TPSA) is 55.9 Å². The van der Waals surface area contributed by atoms with E-state index < -0.39 is 0 Å². The van der Waals surface area contributed by atoms with Gasteiger partial charge < -0.3 is 14.3 Å². The minimum atomic E-state index is 0.456. The van der Waals surface area contributed by atoms with Crippen molar-refractivity contribution < 1.29 is 4.42 Å². The van der Waals surface area contributed by atoms with Crippen LogP contribution in [0.5, 0.6) is 0 Å². The van der Waals surface area contributed by atoms with Gasteiger partial charge in [0.05, 0.1) is 0 Å². The van der Waals surface area contributed by atoms with E-state index in [9.17, 15) is 0 Å². The molecule has 1 aromatic carbocycles. The van der Waals surface area contributed by atoms with E-state index in [4.69, 9.17) is 4.42 Å². The van der Waals surface area contributed by atoms with Gasteiger partial charge in [-0.1, -0.05) is 32.0 Å². The summed E-state index contributed by atoms with van der Waals surface area (Å²) in [7, 11) is 0. The summed E-state index contributed by atoms with van der Waals surface area (Å²) in [5.74, 6) is 3.33. The van der Waals surface area contributed by atoms with E-state index in [0.717, 1.165) is 61.8 Å². The molecule has 0 saturated carbocycles. The molecule has 0 saturated heterocycles. The van der Waals surface area contributed by atoms with Crippen molar-refractivity contribution in [3.63, 3.8) is 0 Å². The maximum Gasteiger partial charge on any atom is 0.134 e. The number of nitrogens with one attached hydrogen (secondary N) is 1. The fourth-order valence-electron chi connectivity index (χ4n) is 3.69. The third kappa shape index (κ3) is 2.63. The Bertz CT molecular complexity index is 835. The molecule has 0 aliphatic carbocycles. The molecule has 0 radical (unpaired) electrons. The van der Waals surface area contributed by atoms with Crippen molar-refractivity contribution in [2.24, 2.45) is 0 Å². The summed E-state index contributed by atoms with van der Waals surface area (Å²) in [6, 6.07) is 8.78. The molecule has 1 N–H and O–H groups in total. The standard InChI is InChI=1S/C19H24N4O/c1-3-16-15(14-7-5-6-8-17(14)24-16)11-20-13-9-10-19-22-21-18(4-2)23(19)12-13/h5-8,13,20H,3-4,9-12H2,1-2H3/t13-/m1/s1. The van der Waals surface area contributed by atoms with Gasteiger partial charge in [0.15, 0.2) is 0 Å². The lowest BCUT2D eigenvalue weighted by Crippen LogP contribution is -2.37. The quantitative estimate of drug-likeness (QED) is 0.783. The molecule has 1 aliphatic rings. The van der Waals surface area contributed by atoms with Crippen molar-refractivity contribution in [1.29, 1.82) is 0 Å². The van der Waals surface area contributed by atoms with E-state index in [-0.39, 0.29) is 0 Å². The van der Waals surface area contributed by atoms with Gasteiger partial charge in [-0.25, -0.2) is 0 Å². The van der Waals surface area contributed by atoms with Crippen LogP contribution in [0.15, 0.2) is 28.7 Å². The zero-order valence-electron chi connectivity index (χ0n) is 14.4. The van der Waals surface area contributed by atoms with Gasteiger partial charge in [-0.05, 0) is 12.5 Å². The first-order valence-electron chi connectivity index (χ1n) is 8.93. The summed E-state index contributed by atoms with van der Waals surface area (Å²) >= 11 is 0. The van der Waals surface area contributed by atoms with Crippen LogP contribution in [0.2, 0.25) is 0 Å². The number of benzene rings is 1. The van der Waals surface area contributed by atoms with Gasteiger partial charge in [0.2, 0.25) is 0 Å². The Labute approximate surface area is 142 Å². The molecule has 3 heterocycles. The monoisotopic (exact) mass is 324 g/mol. The van der Waals surface area contributed by atoms with Crippen LogP contribution in [0, 0.1) is 0 Å². The molecule has 0 unspecified atom stereocenters. The fourth-order valence-corrected chi connectivity index (χ4v) is 3.69. The molecule has 5 nitrogen and oxygen atoms in total. The maximum atomic E-state index is 6.00. The molecular weight excluding hydrogens is 300 g/mol. The minimum Gasteiger partial charge on any atom is -0.461 e. The second-order valence-corrected chi connectivity index (χ2v) is 6.47. The largest absolute Gasteiger partial charge is 0.461 e. The third-order valence-electron chi connectivity index (χ3n) is 5.01. The Morgan fingerprint density at radius 3 is 2.92 bits per heavy atom. The molecule has 0 spiro atoms. The van der Waals surface area contributed by atoms with Crippen LogP contribution in [0.25, 0.3) is 11.0 Å². The van der Waals surface area contributed by atoms with Crippen molar-refractivity contribution in [3.05, 3.63) is 47.2 Å². The van der Waals surface area contributed by atoms with Crippen molar-refractivity contribution in [2.75, 3.05) is 0 Å². The van der Waals surface area contributed by atoms with Crippen LogP contribution >= 0.6 is 0 Å². The normalized spacial score (nSPS) is 17.3. The molecule has 5 heteroatoms. The van der Waals surface area contributed by atoms with Crippen LogP contribution in [-0.4, -0.2) is 20.8 Å². The van der Waals surface area contributed by atoms with Crippen molar-refractivity contribution in [3.8, 4) is 0 Å². The van der Waals surface area contributed by atoms with E-state index in [2.05, 4.69) is 52.1 Å². The molecule has 4 rings (SSSR count). The zero-order valence-corrected chi connectivity index (χ0v) is 14.4. The number of hydrogen-bond donors (Lipinski definition) is 1. The van der Waals surface area contributed by atoms with Crippen LogP contribution in [0.1, 0.15) is 43.2 Å². The Kier molecular flexibility index (Phi) is 4.10. The molecule has 1 aliphatic heterocycles. The second kappa shape index (κ2) is 6.40. The van der Waals surface area contributed by atoms with Crippen LogP contribution in [-0.2, 0) is 32.4 Å². The molecule has 3 aromatic rings. The molecule has 2 aromatic heterocycles. The zero-order chi connectivity index (χ0) is 16.5. The highest BCUT2D eigenvalue weighted by molar-refractivity contribution is 5.82. The van der Waals surface area contributed by atoms with Crippen molar-refractivity contribution >= 4 is 11.0 Å². The average molecular weight is 324 g/mol. The van der Waals surface area contributed by atoms with E-state index in [1.807, 2.05) is 6.07 Å². The number of fused-ring (bicyclic) bond motifs is 2. The van der Waals surface area contributed by atoms with Crippen molar-refractivity contribution in [2.45, 2.75) is 58.7 Å². The Balaban J connectivity index is 1.52. The third-order valence-corrected chi connectivity index (χ3v) is 5.01. The first-order chi connectivity index (χ1) is 11.8. The van der Waals surface area contributed by atoms with E-state index >= 15 is 0 Å². The number of nitrogens with zero attached hydrogens (tertiary/aromatic N) is 3. The summed E-state index contributed by atoms with van der Waals surface area (Å²) in [6.07, 6.45) is 3.97. The minimum absolute atomic E-state index is 0.456. The lowest BCUT2D eigenvalue weighted by molar-refractivity contribution is 0.372. The van der Waals surface area contributed by atoms with Gasteiger partial charge in [-0.3, -0.25) is 0 Å². The van der Waals surface area contributed by atoms with Gasteiger partial charge >= 0.3 is 0 Å². The maximum absolute atomic E-state index is 6.00. The predicted molar refractivity (Wildman–Crippen MR) is 93.9 cm³/mol. The predicted octanol–water partition coefficient (Wildman–Crippen LogP) is 3.25. The number of aryl methyl sites for hydroxylation is 3. The molecule has 24 heavy (non-hydrogen) atoms. The molecule has 0 bridgehead atoms. The number of aromatic nitrogens is 3. The highest BCUT2D eigenvalue weighted by Gasteiger charge is 2.22. The van der Waals surface area contributed by atoms with E-state index in [1.165, 1.54) is 10.9 Å². The Morgan fingerprint density at radius 2 is 2.08 bits per heavy atom. The summed E-state index contributed by atoms with van der Waals surface area (Å²) < 4.78 is 8.29. The number of para-hydroxylation sites is 1. The van der Waals surface area contributed by atoms with E-state index in [1.54, 1.807) is 0 Å². The molecular formula is C19H24N4O. The van der Waals surface area contributed by atoms with Gasteiger partial charge in [-0.2, -0.15) is 0 Å². The summed E-state index contributed by atoms with van der Waals surface area (Å²) in [5.41, 5.74) is 2.29. The highest BCUT2D eigenvalue weighted by Crippen LogP contribution is 2.26. The van der Waals surface area contributed by atoms with E-state index in [0.29, 0.717) is 6.04 Å². The number of rotatable bonds is 5. The first-order valence-corrected chi connectivity index (χ1v) is 8.93. The van der Waals surface area contributed by atoms with Crippen molar-refractivity contribution in [1.82, 2.24) is 20.1 Å². The summed E-state index contributed by atoms with van der Waals surface area (Å²) in [4.78, 5) is 0. The van der Waals surface area contributed by atoms with Gasteiger partial charge in [0.1, 0.15) is 23.0 Å². The van der Waals surface area contributed by atoms with Gasteiger partial charge in [0.25, 0.3) is 0 Å². The first kappa shape index (κ1) is 15.4. The summed E-state index contributed by atoms with van der Waals surface area (Å²) in [5, 5.41) is 13.6. The van der Waals surface area contributed by atoms with Gasteiger partial charge in [-0.15, -0.1) is 10.2 Å². The average Bonchev–Trinajstić information content (AvgIpc) is 3.20. The molecule has 126 valence electrons. The van der Waals surface area contributed by atoms with Gasteiger partial charge in [0, 0.05) is 49.3 Å². The molecule has 1 atom stereocenters. The SMILES string of the molecule is CCc1oc2ccccc2c1CN[C@@H]1CCc2nnc(CC)n2C1. The van der Waals surface area contributed by atoms with Crippen LogP contribution < -0.4 is 5.32 Å². The summed E-state index contributed by atoms with van der Waals surface area (Å²) in [6.45, 7) is 6.10. The number of furan rings is 1. The Morgan fingerprint density at radius 1 is 1.21 bits per heavy atom. The lowest BCUT2D eigenvalue weighted by atomic mass is 10.1. The van der Waals surface area contributed by atoms with Crippen LogP contribution in [0.4, 0.5) is 0 Å². The molecule has 0 amide bonds.